The van der Waals surface area contributed by atoms with E-state index in [2.05, 4.69) is 33.9 Å². The summed E-state index contributed by atoms with van der Waals surface area (Å²) in [4.78, 5) is 12.6. The first-order valence-corrected chi connectivity index (χ1v) is 11.7. The summed E-state index contributed by atoms with van der Waals surface area (Å²) in [6, 6.07) is 1.81. The molecule has 6 heteroatoms. The number of hydrogen-bond donors (Lipinski definition) is 1. The SMILES string of the molecule is CCCc1cc2c(c(=O)o1)[C@H](O[Si](C)(C)C(C)(C)C)[C@H]1O[C@H]1[C@H]2O. The third kappa shape index (κ3) is 2.90. The molecule has 0 bridgehead atoms. The van der Waals surface area contributed by atoms with E-state index in [1.807, 2.05) is 13.0 Å². The molecule has 0 radical (unpaired) electrons. The topological polar surface area (TPSA) is 72.2 Å². The zero-order valence-corrected chi connectivity index (χ0v) is 16.4. The van der Waals surface area contributed by atoms with E-state index in [1.54, 1.807) is 0 Å². The standard InChI is InChI=1S/C18H28O5Si/c1-7-8-10-9-11-12(17(20)21-10)14(16-15(22-16)13(11)19)23-24(5,6)18(2,3)4/h9,13-16,19H,7-8H2,1-6H3/t13-,14-,15-,16+/m0/s1. The molecule has 2 aliphatic rings. The van der Waals surface area contributed by atoms with Crippen LogP contribution in [0.1, 0.15) is 63.2 Å². The fourth-order valence-electron chi connectivity index (χ4n) is 3.06. The van der Waals surface area contributed by atoms with Gasteiger partial charge in [0.1, 0.15) is 30.2 Å². The number of epoxide rings is 1. The van der Waals surface area contributed by atoms with E-state index in [4.69, 9.17) is 13.6 Å². The fraction of sp³-hybridized carbons (Fsp3) is 0.722. The Balaban J connectivity index is 2.03. The fourth-order valence-corrected chi connectivity index (χ4v) is 4.30. The van der Waals surface area contributed by atoms with E-state index in [9.17, 15) is 9.90 Å². The summed E-state index contributed by atoms with van der Waals surface area (Å²) >= 11 is 0. The Morgan fingerprint density at radius 1 is 1.29 bits per heavy atom. The summed E-state index contributed by atoms with van der Waals surface area (Å²) in [7, 11) is -2.09. The Hall–Kier alpha value is -0.953. The molecule has 1 N–H and O–H groups in total. The zero-order valence-electron chi connectivity index (χ0n) is 15.4. The molecule has 1 aliphatic carbocycles. The molecule has 0 amide bonds. The number of hydrogen-bond acceptors (Lipinski definition) is 5. The molecular weight excluding hydrogens is 324 g/mol. The number of ether oxygens (including phenoxy) is 1. The third-order valence-corrected chi connectivity index (χ3v) is 10.0. The smallest absolute Gasteiger partial charge is 0.342 e. The van der Waals surface area contributed by atoms with Gasteiger partial charge >= 0.3 is 5.63 Å². The highest BCUT2D eigenvalue weighted by Gasteiger charge is 2.58. The van der Waals surface area contributed by atoms with Crippen LogP contribution in [0.5, 0.6) is 0 Å². The van der Waals surface area contributed by atoms with Gasteiger partial charge in [0.05, 0.1) is 5.56 Å². The van der Waals surface area contributed by atoms with E-state index in [1.165, 1.54) is 0 Å². The van der Waals surface area contributed by atoms with Crippen LogP contribution in [0.2, 0.25) is 18.1 Å². The highest BCUT2D eigenvalue weighted by Crippen LogP contribution is 2.52. The molecule has 1 aliphatic heterocycles. The van der Waals surface area contributed by atoms with Crippen LogP contribution in [0.25, 0.3) is 0 Å². The van der Waals surface area contributed by atoms with Crippen LogP contribution in [0.4, 0.5) is 0 Å². The summed E-state index contributed by atoms with van der Waals surface area (Å²) in [6.45, 7) is 12.8. The maximum Gasteiger partial charge on any atom is 0.342 e. The van der Waals surface area contributed by atoms with Gasteiger partial charge in [-0.3, -0.25) is 0 Å². The zero-order chi connectivity index (χ0) is 17.9. The lowest BCUT2D eigenvalue weighted by Crippen LogP contribution is -2.45. The number of rotatable bonds is 4. The van der Waals surface area contributed by atoms with Crippen LogP contribution in [0.3, 0.4) is 0 Å². The monoisotopic (exact) mass is 352 g/mol. The highest BCUT2D eigenvalue weighted by atomic mass is 28.4. The van der Waals surface area contributed by atoms with E-state index >= 15 is 0 Å². The van der Waals surface area contributed by atoms with Crippen molar-refractivity contribution in [2.75, 3.05) is 0 Å². The molecule has 2 heterocycles. The Bertz CT molecular complexity index is 688. The molecule has 1 fully saturated rings. The van der Waals surface area contributed by atoms with E-state index in [-0.39, 0.29) is 17.2 Å². The van der Waals surface area contributed by atoms with Gasteiger partial charge in [0.2, 0.25) is 0 Å². The molecule has 0 spiro atoms. The molecule has 24 heavy (non-hydrogen) atoms. The first-order valence-electron chi connectivity index (χ1n) is 8.75. The van der Waals surface area contributed by atoms with Crippen LogP contribution in [-0.2, 0) is 15.6 Å². The third-order valence-electron chi connectivity index (χ3n) is 5.57. The number of aliphatic hydroxyl groups is 1. The average Bonchev–Trinajstić information content (AvgIpc) is 3.23. The van der Waals surface area contributed by atoms with Crippen LogP contribution in [0, 0.1) is 0 Å². The van der Waals surface area contributed by atoms with Crippen molar-refractivity contribution in [1.29, 1.82) is 0 Å². The van der Waals surface area contributed by atoms with Gasteiger partial charge in [-0.05, 0) is 36.2 Å². The van der Waals surface area contributed by atoms with E-state index < -0.39 is 26.2 Å². The van der Waals surface area contributed by atoms with Gasteiger partial charge in [0, 0.05) is 6.42 Å². The molecule has 3 rings (SSSR count). The summed E-state index contributed by atoms with van der Waals surface area (Å²) in [5.41, 5.74) is 0.677. The quantitative estimate of drug-likeness (QED) is 0.663. The molecule has 1 saturated heterocycles. The number of fused-ring (bicyclic) bond motifs is 2. The maximum atomic E-state index is 12.6. The van der Waals surface area contributed by atoms with Crippen molar-refractivity contribution in [1.82, 2.24) is 0 Å². The Morgan fingerprint density at radius 2 is 1.96 bits per heavy atom. The number of aliphatic hydroxyl groups excluding tert-OH is 1. The first-order chi connectivity index (χ1) is 11.1. The molecular formula is C18H28O5Si. The van der Waals surface area contributed by atoms with E-state index in [0.717, 1.165) is 6.42 Å². The minimum Gasteiger partial charge on any atom is -0.428 e. The van der Waals surface area contributed by atoms with Crippen molar-refractivity contribution in [3.8, 4) is 0 Å². The molecule has 5 nitrogen and oxygen atoms in total. The Labute approximate surface area is 144 Å². The first kappa shape index (κ1) is 17.9. The van der Waals surface area contributed by atoms with Gasteiger partial charge in [0.15, 0.2) is 8.32 Å². The lowest BCUT2D eigenvalue weighted by Gasteiger charge is -2.40. The van der Waals surface area contributed by atoms with Crippen LogP contribution >= 0.6 is 0 Å². The largest absolute Gasteiger partial charge is 0.428 e. The second-order valence-electron chi connectivity index (χ2n) is 8.43. The Kier molecular flexibility index (Phi) is 4.31. The van der Waals surface area contributed by atoms with Gasteiger partial charge < -0.3 is 18.7 Å². The summed E-state index contributed by atoms with van der Waals surface area (Å²) in [5.74, 6) is 0.616. The van der Waals surface area contributed by atoms with Gasteiger partial charge in [-0.15, -0.1) is 0 Å². The molecule has 0 unspecified atom stereocenters. The van der Waals surface area contributed by atoms with Gasteiger partial charge in [-0.1, -0.05) is 27.7 Å². The predicted molar refractivity (Wildman–Crippen MR) is 93.6 cm³/mol. The van der Waals surface area contributed by atoms with Gasteiger partial charge in [-0.25, -0.2) is 4.79 Å². The number of aryl methyl sites for hydroxylation is 1. The van der Waals surface area contributed by atoms with Crippen molar-refractivity contribution in [2.45, 2.75) is 83.1 Å². The second-order valence-corrected chi connectivity index (χ2v) is 13.2. The van der Waals surface area contributed by atoms with Crippen molar-refractivity contribution >= 4 is 8.32 Å². The molecule has 1 aromatic heterocycles. The van der Waals surface area contributed by atoms with Crippen LogP contribution < -0.4 is 5.63 Å². The van der Waals surface area contributed by atoms with Gasteiger partial charge in [-0.2, -0.15) is 0 Å². The van der Waals surface area contributed by atoms with Crippen molar-refractivity contribution in [3.63, 3.8) is 0 Å². The maximum absolute atomic E-state index is 12.6. The minimum atomic E-state index is -2.09. The summed E-state index contributed by atoms with van der Waals surface area (Å²) < 4.78 is 17.6. The molecule has 4 atom stereocenters. The van der Waals surface area contributed by atoms with E-state index in [0.29, 0.717) is 23.3 Å². The normalized spacial score (nSPS) is 29.1. The molecule has 0 saturated carbocycles. The van der Waals surface area contributed by atoms with Crippen molar-refractivity contribution in [2.24, 2.45) is 0 Å². The molecule has 134 valence electrons. The lowest BCUT2D eigenvalue weighted by atomic mass is 9.88. The van der Waals surface area contributed by atoms with Crippen molar-refractivity contribution in [3.05, 3.63) is 33.4 Å². The Morgan fingerprint density at radius 3 is 2.54 bits per heavy atom. The summed E-state index contributed by atoms with van der Waals surface area (Å²) in [6.07, 6.45) is -0.183. The van der Waals surface area contributed by atoms with Gasteiger partial charge in [0.25, 0.3) is 0 Å². The highest BCUT2D eigenvalue weighted by molar-refractivity contribution is 6.74. The average molecular weight is 353 g/mol. The van der Waals surface area contributed by atoms with Crippen LogP contribution in [0.15, 0.2) is 15.3 Å². The molecule has 1 aromatic rings. The minimum absolute atomic E-state index is 0.0238. The second kappa shape index (κ2) is 5.80. The van der Waals surface area contributed by atoms with Crippen molar-refractivity contribution < 1.29 is 18.7 Å². The predicted octanol–water partition coefficient (Wildman–Crippen LogP) is 3.47. The summed E-state index contributed by atoms with van der Waals surface area (Å²) in [5, 5.41) is 10.5. The lowest BCUT2D eigenvalue weighted by molar-refractivity contribution is 0.119. The molecule has 0 aromatic carbocycles. The van der Waals surface area contributed by atoms with Crippen LogP contribution in [-0.4, -0.2) is 25.6 Å².